The van der Waals surface area contributed by atoms with E-state index in [9.17, 15) is 4.79 Å². The van der Waals surface area contributed by atoms with Crippen LogP contribution in [-0.4, -0.2) is 25.1 Å². The van der Waals surface area contributed by atoms with Gasteiger partial charge >= 0.3 is 0 Å². The Morgan fingerprint density at radius 3 is 2.65 bits per heavy atom. The monoisotopic (exact) mass is 366 g/mol. The van der Waals surface area contributed by atoms with Crippen LogP contribution in [0.15, 0.2) is 60.0 Å². The van der Waals surface area contributed by atoms with Crippen molar-refractivity contribution in [1.29, 1.82) is 0 Å². The first-order valence-corrected chi connectivity index (χ1v) is 8.79. The average Bonchev–Trinajstić information content (AvgIpc) is 3.15. The number of thiazole rings is 1. The van der Waals surface area contributed by atoms with Crippen molar-refractivity contribution in [2.75, 3.05) is 19.5 Å². The fourth-order valence-electron chi connectivity index (χ4n) is 2.35. The van der Waals surface area contributed by atoms with E-state index in [-0.39, 0.29) is 5.91 Å². The van der Waals surface area contributed by atoms with Crippen LogP contribution in [-0.2, 0) is 4.79 Å². The Kier molecular flexibility index (Phi) is 5.66. The van der Waals surface area contributed by atoms with Gasteiger partial charge in [0.1, 0.15) is 11.5 Å². The minimum absolute atomic E-state index is 0.260. The Bertz CT molecular complexity index is 920. The first kappa shape index (κ1) is 17.7. The van der Waals surface area contributed by atoms with Gasteiger partial charge in [0.2, 0.25) is 5.91 Å². The van der Waals surface area contributed by atoms with Gasteiger partial charge in [0, 0.05) is 22.6 Å². The van der Waals surface area contributed by atoms with Gasteiger partial charge in [-0.05, 0) is 24.3 Å². The molecule has 2 aromatic carbocycles. The molecule has 1 amide bonds. The second-order valence-corrected chi connectivity index (χ2v) is 6.19. The Morgan fingerprint density at radius 1 is 1.12 bits per heavy atom. The molecule has 0 fully saturated rings. The van der Waals surface area contributed by atoms with Gasteiger partial charge in [0.05, 0.1) is 19.9 Å². The van der Waals surface area contributed by atoms with Gasteiger partial charge in [-0.1, -0.05) is 30.3 Å². The summed E-state index contributed by atoms with van der Waals surface area (Å²) in [7, 11) is 3.18. The number of aromatic nitrogens is 1. The second kappa shape index (κ2) is 8.31. The summed E-state index contributed by atoms with van der Waals surface area (Å²) >= 11 is 1.39. The lowest BCUT2D eigenvalue weighted by Gasteiger charge is -2.07. The zero-order chi connectivity index (χ0) is 18.4. The highest BCUT2D eigenvalue weighted by atomic mass is 32.1. The summed E-state index contributed by atoms with van der Waals surface area (Å²) in [5.41, 5.74) is 2.61. The van der Waals surface area contributed by atoms with E-state index in [1.54, 1.807) is 38.5 Å². The molecule has 5 nitrogen and oxygen atoms in total. The fraction of sp³-hybridized carbons (Fsp3) is 0.100. The number of hydrogen-bond donors (Lipinski definition) is 1. The summed E-state index contributed by atoms with van der Waals surface area (Å²) in [6.45, 7) is 0. The highest BCUT2D eigenvalue weighted by Crippen LogP contribution is 2.26. The lowest BCUT2D eigenvalue weighted by Crippen LogP contribution is -2.07. The molecule has 1 heterocycles. The van der Waals surface area contributed by atoms with Gasteiger partial charge in [-0.3, -0.25) is 10.1 Å². The third kappa shape index (κ3) is 4.29. The number of hydrogen-bond acceptors (Lipinski definition) is 5. The summed E-state index contributed by atoms with van der Waals surface area (Å²) < 4.78 is 10.5. The molecule has 0 aliphatic carbocycles. The maximum Gasteiger partial charge on any atom is 0.250 e. The molecule has 0 unspecified atom stereocenters. The Hall–Kier alpha value is -3.12. The molecule has 0 atom stereocenters. The highest BCUT2D eigenvalue weighted by Gasteiger charge is 2.07. The SMILES string of the molecule is COc1ccc(OC)c(/C=C/C(=O)Nc2nc(-c3ccccc3)cs2)c1. The number of nitrogens with one attached hydrogen (secondary N) is 1. The van der Waals surface area contributed by atoms with Gasteiger partial charge in [-0.25, -0.2) is 4.98 Å². The minimum Gasteiger partial charge on any atom is -0.497 e. The van der Waals surface area contributed by atoms with Crippen LogP contribution >= 0.6 is 11.3 Å². The minimum atomic E-state index is -0.260. The van der Waals surface area contributed by atoms with E-state index in [2.05, 4.69) is 10.3 Å². The van der Waals surface area contributed by atoms with E-state index in [0.29, 0.717) is 16.6 Å². The predicted molar refractivity (Wildman–Crippen MR) is 105 cm³/mol. The van der Waals surface area contributed by atoms with Crippen molar-refractivity contribution in [1.82, 2.24) is 4.98 Å². The third-order valence-corrected chi connectivity index (χ3v) is 4.41. The van der Waals surface area contributed by atoms with Crippen molar-refractivity contribution in [3.8, 4) is 22.8 Å². The molecule has 0 aliphatic rings. The van der Waals surface area contributed by atoms with E-state index in [0.717, 1.165) is 16.8 Å². The average molecular weight is 366 g/mol. The number of benzene rings is 2. The lowest BCUT2D eigenvalue weighted by molar-refractivity contribution is -0.111. The molecule has 6 heteroatoms. The molecule has 0 radical (unpaired) electrons. The number of amides is 1. The zero-order valence-corrected chi connectivity index (χ0v) is 15.2. The maximum absolute atomic E-state index is 12.2. The molecule has 1 N–H and O–H groups in total. The van der Waals surface area contributed by atoms with Crippen molar-refractivity contribution in [2.24, 2.45) is 0 Å². The van der Waals surface area contributed by atoms with Crippen molar-refractivity contribution in [3.63, 3.8) is 0 Å². The van der Waals surface area contributed by atoms with Crippen LogP contribution in [0.4, 0.5) is 5.13 Å². The lowest BCUT2D eigenvalue weighted by atomic mass is 10.1. The summed E-state index contributed by atoms with van der Waals surface area (Å²) in [5.74, 6) is 1.09. The van der Waals surface area contributed by atoms with E-state index < -0.39 is 0 Å². The first-order valence-electron chi connectivity index (χ1n) is 7.91. The topological polar surface area (TPSA) is 60.5 Å². The summed E-state index contributed by atoms with van der Waals surface area (Å²) in [5, 5.41) is 5.25. The molecule has 1 aromatic heterocycles. The van der Waals surface area contributed by atoms with Gasteiger partial charge < -0.3 is 9.47 Å². The van der Waals surface area contributed by atoms with E-state index in [1.165, 1.54) is 17.4 Å². The maximum atomic E-state index is 12.2. The van der Waals surface area contributed by atoms with Crippen LogP contribution in [0.5, 0.6) is 11.5 Å². The van der Waals surface area contributed by atoms with Crippen LogP contribution in [0, 0.1) is 0 Å². The number of carbonyl (C=O) groups excluding carboxylic acids is 1. The molecule has 0 spiro atoms. The van der Waals surface area contributed by atoms with Crippen LogP contribution in [0.1, 0.15) is 5.56 Å². The highest BCUT2D eigenvalue weighted by molar-refractivity contribution is 7.14. The molecule has 3 aromatic rings. The summed E-state index contributed by atoms with van der Waals surface area (Å²) in [4.78, 5) is 16.6. The molecule has 0 saturated carbocycles. The van der Waals surface area contributed by atoms with Crippen molar-refractivity contribution < 1.29 is 14.3 Å². The smallest absolute Gasteiger partial charge is 0.250 e. The molecule has 132 valence electrons. The Balaban J connectivity index is 1.70. The van der Waals surface area contributed by atoms with E-state index >= 15 is 0 Å². The summed E-state index contributed by atoms with van der Waals surface area (Å²) in [6, 6.07) is 15.2. The number of carbonyl (C=O) groups is 1. The van der Waals surface area contributed by atoms with Crippen LogP contribution in [0.3, 0.4) is 0 Å². The second-order valence-electron chi connectivity index (χ2n) is 5.33. The molecule has 3 rings (SSSR count). The predicted octanol–water partition coefficient (Wildman–Crippen LogP) is 4.48. The number of methoxy groups -OCH3 is 2. The number of anilines is 1. The Labute approximate surface area is 155 Å². The molecule has 0 bridgehead atoms. The van der Waals surface area contributed by atoms with Gasteiger partial charge in [-0.15, -0.1) is 11.3 Å². The number of ether oxygens (including phenoxy) is 2. The van der Waals surface area contributed by atoms with Crippen molar-refractivity contribution >= 4 is 28.5 Å². The summed E-state index contributed by atoms with van der Waals surface area (Å²) in [6.07, 6.45) is 3.13. The third-order valence-electron chi connectivity index (χ3n) is 3.66. The standard InChI is InChI=1S/C20H18N2O3S/c1-24-16-9-10-18(25-2)15(12-16)8-11-19(23)22-20-21-17(13-26-20)14-6-4-3-5-7-14/h3-13H,1-2H3,(H,21,22,23)/b11-8+. The number of rotatable bonds is 6. The zero-order valence-electron chi connectivity index (χ0n) is 14.4. The van der Waals surface area contributed by atoms with Crippen LogP contribution in [0.2, 0.25) is 0 Å². The molecule has 26 heavy (non-hydrogen) atoms. The van der Waals surface area contributed by atoms with Crippen LogP contribution in [0.25, 0.3) is 17.3 Å². The van der Waals surface area contributed by atoms with Gasteiger partial charge in [-0.2, -0.15) is 0 Å². The molecular formula is C20H18N2O3S. The number of nitrogens with zero attached hydrogens (tertiary/aromatic N) is 1. The quantitative estimate of drug-likeness (QED) is 0.654. The van der Waals surface area contributed by atoms with E-state index in [1.807, 2.05) is 35.7 Å². The molecule has 0 saturated heterocycles. The first-order chi connectivity index (χ1) is 12.7. The largest absolute Gasteiger partial charge is 0.497 e. The van der Waals surface area contributed by atoms with Crippen molar-refractivity contribution in [3.05, 3.63) is 65.6 Å². The Morgan fingerprint density at radius 2 is 1.92 bits per heavy atom. The van der Waals surface area contributed by atoms with Gasteiger partial charge in [0.15, 0.2) is 5.13 Å². The van der Waals surface area contributed by atoms with Crippen molar-refractivity contribution in [2.45, 2.75) is 0 Å². The van der Waals surface area contributed by atoms with Gasteiger partial charge in [0.25, 0.3) is 0 Å². The fourth-order valence-corrected chi connectivity index (χ4v) is 3.08. The van der Waals surface area contributed by atoms with Crippen LogP contribution < -0.4 is 14.8 Å². The molecular weight excluding hydrogens is 348 g/mol. The van der Waals surface area contributed by atoms with E-state index in [4.69, 9.17) is 9.47 Å². The normalized spacial score (nSPS) is 10.7. The molecule has 0 aliphatic heterocycles.